The fourth-order valence-corrected chi connectivity index (χ4v) is 4.85. The number of halogens is 1. The zero-order valence-electron chi connectivity index (χ0n) is 21.9. The number of aliphatic hydroxyl groups is 1. The zero-order valence-corrected chi connectivity index (χ0v) is 24.0. The van der Waals surface area contributed by atoms with Gasteiger partial charge in [0.05, 0.1) is 19.1 Å². The monoisotopic (exact) mass is 553 g/mol. The van der Waals surface area contributed by atoms with Crippen molar-refractivity contribution in [3.63, 3.8) is 0 Å². The molecule has 0 aromatic rings. The summed E-state index contributed by atoms with van der Waals surface area (Å²) in [7, 11) is 0. The lowest BCUT2D eigenvalue weighted by Gasteiger charge is -2.29. The van der Waals surface area contributed by atoms with Crippen LogP contribution >= 0.6 is 0 Å². The van der Waals surface area contributed by atoms with E-state index >= 15 is 0 Å². The molecule has 0 bridgehead atoms. The highest BCUT2D eigenvalue weighted by molar-refractivity contribution is 4.60. The third kappa shape index (κ3) is 23.6. The number of unbranched alkanes of at least 4 members (excludes halogenated alkanes) is 15. The van der Waals surface area contributed by atoms with E-state index in [2.05, 4.69) is 20.8 Å². The van der Waals surface area contributed by atoms with Crippen LogP contribution in [-0.4, -0.2) is 30.8 Å². The van der Waals surface area contributed by atoms with Crippen LogP contribution in [0, 0.1) is 0 Å². The molecule has 0 aliphatic rings. The molecule has 0 amide bonds. The topological polar surface area (TPSA) is 24.7 Å². The van der Waals surface area contributed by atoms with Gasteiger partial charge in [0.1, 0.15) is 0 Å². The highest BCUT2D eigenvalue weighted by atomic mass is 127. The largest absolute Gasteiger partial charge is 1.00 e. The molecule has 1 unspecified atom stereocenters. The molecule has 0 aromatic heterocycles. The maximum absolute atomic E-state index is 8.99. The highest BCUT2D eigenvalue weighted by Gasteiger charge is 2.21. The van der Waals surface area contributed by atoms with Gasteiger partial charge in [0.15, 0.2) is 0 Å². The van der Waals surface area contributed by atoms with Crippen molar-refractivity contribution in [2.75, 3.05) is 19.7 Å². The van der Waals surface area contributed by atoms with E-state index in [9.17, 15) is 0 Å². The Morgan fingerprint density at radius 3 is 1.29 bits per heavy atom. The predicted molar refractivity (Wildman–Crippen MR) is 136 cm³/mol. The molecule has 2 nitrogen and oxygen atoms in total. The Kier molecular flexibility index (Phi) is 31.3. The van der Waals surface area contributed by atoms with Crippen LogP contribution < -0.4 is 28.9 Å². The molecule has 0 radical (unpaired) electrons. The van der Waals surface area contributed by atoms with E-state index in [1.807, 2.05) is 4.90 Å². The van der Waals surface area contributed by atoms with E-state index < -0.39 is 0 Å². The smallest absolute Gasteiger partial charge is 0.0874 e. The molecule has 1 atom stereocenters. The normalized spacial score (nSPS) is 12.3. The average Bonchev–Trinajstić information content (AvgIpc) is 2.76. The van der Waals surface area contributed by atoms with Crippen LogP contribution in [0.15, 0.2) is 0 Å². The Labute approximate surface area is 214 Å². The molecule has 2 N–H and O–H groups in total. The average molecular weight is 554 g/mol. The van der Waals surface area contributed by atoms with Crippen molar-refractivity contribution in [2.45, 2.75) is 162 Å². The minimum Gasteiger partial charge on any atom is -1.00 e. The van der Waals surface area contributed by atoms with Gasteiger partial charge in [0, 0.05) is 6.61 Å². The Balaban J connectivity index is 0. The van der Waals surface area contributed by atoms with Crippen molar-refractivity contribution < 1.29 is 34.0 Å². The zero-order chi connectivity index (χ0) is 22.1. The molecule has 0 aromatic carbocycles. The van der Waals surface area contributed by atoms with Crippen molar-refractivity contribution in [3.05, 3.63) is 0 Å². The van der Waals surface area contributed by atoms with E-state index in [-0.39, 0.29) is 24.0 Å². The van der Waals surface area contributed by atoms with Gasteiger partial charge >= 0.3 is 0 Å². The molecule has 190 valence electrons. The number of nitrogens with one attached hydrogen (secondary N) is 1. The van der Waals surface area contributed by atoms with E-state index in [1.54, 1.807) is 0 Å². The second-order valence-electron chi connectivity index (χ2n) is 9.81. The Morgan fingerprint density at radius 2 is 0.839 bits per heavy atom. The minimum atomic E-state index is 0. The number of hydrogen-bond donors (Lipinski definition) is 2. The first kappa shape index (κ1) is 33.8. The van der Waals surface area contributed by atoms with Crippen molar-refractivity contribution in [2.24, 2.45) is 0 Å². The summed E-state index contributed by atoms with van der Waals surface area (Å²) in [6.45, 7) is 10.2. The lowest BCUT2D eigenvalue weighted by molar-refractivity contribution is -0.926. The van der Waals surface area contributed by atoms with Crippen LogP contribution in [0.25, 0.3) is 0 Å². The third-order valence-electron chi connectivity index (χ3n) is 6.90. The molecule has 0 aliphatic carbocycles. The van der Waals surface area contributed by atoms with Crippen LogP contribution in [-0.2, 0) is 0 Å². The summed E-state index contributed by atoms with van der Waals surface area (Å²) in [5.74, 6) is 0. The second kappa shape index (κ2) is 28.7. The summed E-state index contributed by atoms with van der Waals surface area (Å²) in [5, 5.41) is 8.99. The maximum atomic E-state index is 8.99. The molecule has 0 heterocycles. The molecule has 0 aliphatic heterocycles. The maximum Gasteiger partial charge on any atom is 0.0874 e. The fraction of sp³-hybridized carbons (Fsp3) is 1.00. The van der Waals surface area contributed by atoms with Gasteiger partial charge in [-0.25, -0.2) is 0 Å². The Bertz CT molecular complexity index is 299. The number of rotatable bonds is 25. The molecule has 0 saturated carbocycles. The van der Waals surface area contributed by atoms with E-state index in [4.69, 9.17) is 5.11 Å². The second-order valence-corrected chi connectivity index (χ2v) is 9.81. The van der Waals surface area contributed by atoms with Gasteiger partial charge in [-0.15, -0.1) is 0 Å². The standard InChI is InChI=1S/C28H59NO.HI/c1-4-7-10-15-20-25-29(26-21-16-11-8-5-2)28(23-18-12-9-6-3)24-19-14-13-17-22-27-30;/h28,30H,4-27H2,1-3H3;1H. The molecule has 31 heavy (non-hydrogen) atoms. The molecular formula is C28H60INO. The minimum absolute atomic E-state index is 0. The van der Waals surface area contributed by atoms with E-state index in [0.29, 0.717) is 6.61 Å². The molecule has 0 saturated heterocycles. The first-order valence-corrected chi connectivity index (χ1v) is 14.2. The number of hydrogen-bond acceptors (Lipinski definition) is 1. The van der Waals surface area contributed by atoms with Crippen molar-refractivity contribution in [3.8, 4) is 0 Å². The van der Waals surface area contributed by atoms with Crippen LogP contribution in [0.4, 0.5) is 0 Å². The summed E-state index contributed by atoms with van der Waals surface area (Å²) in [5.41, 5.74) is 0. The van der Waals surface area contributed by atoms with Gasteiger partial charge in [-0.3, -0.25) is 0 Å². The number of aliphatic hydroxyl groups excluding tert-OH is 1. The van der Waals surface area contributed by atoms with E-state index in [1.165, 1.54) is 142 Å². The lowest BCUT2D eigenvalue weighted by atomic mass is 9.98. The molecular weight excluding hydrogens is 493 g/mol. The lowest BCUT2D eigenvalue weighted by Crippen LogP contribution is -3.15. The van der Waals surface area contributed by atoms with E-state index in [0.717, 1.165) is 12.5 Å². The Morgan fingerprint density at radius 1 is 0.484 bits per heavy atom. The summed E-state index contributed by atoms with van der Waals surface area (Å²) >= 11 is 0. The van der Waals surface area contributed by atoms with Gasteiger partial charge in [0.2, 0.25) is 0 Å². The van der Waals surface area contributed by atoms with Gasteiger partial charge < -0.3 is 34.0 Å². The van der Waals surface area contributed by atoms with Gasteiger partial charge in [-0.2, -0.15) is 0 Å². The van der Waals surface area contributed by atoms with Crippen molar-refractivity contribution >= 4 is 0 Å². The van der Waals surface area contributed by atoms with Crippen molar-refractivity contribution in [1.29, 1.82) is 0 Å². The summed E-state index contributed by atoms with van der Waals surface area (Å²) in [6, 6.07) is 0.900. The van der Waals surface area contributed by atoms with Gasteiger partial charge in [0.25, 0.3) is 0 Å². The quantitative estimate of drug-likeness (QED) is 0.126. The first-order chi connectivity index (χ1) is 14.8. The number of quaternary nitrogens is 1. The van der Waals surface area contributed by atoms with Crippen LogP contribution in [0.5, 0.6) is 0 Å². The van der Waals surface area contributed by atoms with Crippen LogP contribution in [0.2, 0.25) is 0 Å². The Hall–Kier alpha value is 0.650. The summed E-state index contributed by atoms with van der Waals surface area (Å²) in [4.78, 5) is 1.95. The fourth-order valence-electron chi connectivity index (χ4n) is 4.85. The van der Waals surface area contributed by atoms with Gasteiger partial charge in [-0.1, -0.05) is 97.8 Å². The highest BCUT2D eigenvalue weighted by Crippen LogP contribution is 2.12. The molecule has 3 heteroatoms. The first-order valence-electron chi connectivity index (χ1n) is 14.2. The molecule has 0 spiro atoms. The summed E-state index contributed by atoms with van der Waals surface area (Å²) < 4.78 is 0. The van der Waals surface area contributed by atoms with Gasteiger partial charge in [-0.05, 0) is 57.8 Å². The predicted octanol–water partition coefficient (Wildman–Crippen LogP) is 4.49. The molecule has 0 rings (SSSR count). The molecule has 0 fully saturated rings. The SMILES string of the molecule is CCCCCCC[NH+](CCCCCCC)C(CCCCCC)CCCCCCCO.[I-]. The van der Waals surface area contributed by atoms with Crippen LogP contribution in [0.1, 0.15) is 156 Å². The van der Waals surface area contributed by atoms with Crippen LogP contribution in [0.3, 0.4) is 0 Å². The third-order valence-corrected chi connectivity index (χ3v) is 6.90. The summed E-state index contributed by atoms with van der Waals surface area (Å²) in [6.07, 6.45) is 29.0. The van der Waals surface area contributed by atoms with Crippen molar-refractivity contribution in [1.82, 2.24) is 0 Å².